The lowest BCUT2D eigenvalue weighted by Crippen LogP contribution is -2.15. The summed E-state index contributed by atoms with van der Waals surface area (Å²) in [5.41, 5.74) is 1.35. The van der Waals surface area contributed by atoms with Gasteiger partial charge in [-0.1, -0.05) is 6.07 Å². The van der Waals surface area contributed by atoms with Gasteiger partial charge in [0.15, 0.2) is 0 Å². The van der Waals surface area contributed by atoms with Gasteiger partial charge in [-0.2, -0.15) is 5.10 Å². The van der Waals surface area contributed by atoms with Crippen molar-refractivity contribution in [1.29, 1.82) is 0 Å². The van der Waals surface area contributed by atoms with E-state index in [9.17, 15) is 14.9 Å². The Balaban J connectivity index is 1.60. The third kappa shape index (κ3) is 4.50. The van der Waals surface area contributed by atoms with Gasteiger partial charge in [-0.15, -0.1) is 0 Å². The number of rotatable bonds is 7. The van der Waals surface area contributed by atoms with Crippen molar-refractivity contribution in [2.24, 2.45) is 0 Å². The maximum Gasteiger partial charge on any atom is 0.312 e. The smallest absolute Gasteiger partial charge is 0.312 e. The van der Waals surface area contributed by atoms with Crippen molar-refractivity contribution in [3.63, 3.8) is 0 Å². The van der Waals surface area contributed by atoms with Crippen molar-refractivity contribution < 1.29 is 14.5 Å². The summed E-state index contributed by atoms with van der Waals surface area (Å²) in [6.45, 7) is 3.45. The molecule has 0 saturated carbocycles. The number of aromatic nitrogens is 3. The van der Waals surface area contributed by atoms with E-state index in [4.69, 9.17) is 4.74 Å². The zero-order chi connectivity index (χ0) is 20.1. The summed E-state index contributed by atoms with van der Waals surface area (Å²) in [5, 5.41) is 18.0. The topological polar surface area (TPSA) is 112 Å². The van der Waals surface area contributed by atoms with Crippen LogP contribution >= 0.6 is 0 Å². The third-order valence-corrected chi connectivity index (χ3v) is 4.08. The highest BCUT2D eigenvalue weighted by Crippen LogP contribution is 2.24. The van der Waals surface area contributed by atoms with Gasteiger partial charge in [0.05, 0.1) is 11.5 Å². The van der Waals surface area contributed by atoms with Crippen molar-refractivity contribution >= 4 is 17.3 Å². The van der Waals surface area contributed by atoms with E-state index in [1.165, 1.54) is 4.68 Å². The van der Waals surface area contributed by atoms with Gasteiger partial charge in [0.2, 0.25) is 5.91 Å². The highest BCUT2D eigenvalue weighted by atomic mass is 16.6. The van der Waals surface area contributed by atoms with E-state index < -0.39 is 4.92 Å². The number of nitro groups is 1. The first kappa shape index (κ1) is 19.0. The Hall–Kier alpha value is -3.75. The Kier molecular flexibility index (Phi) is 5.64. The average Bonchev–Trinajstić information content (AvgIpc) is 2.94. The first-order valence-electron chi connectivity index (χ1n) is 8.60. The molecule has 28 heavy (non-hydrogen) atoms. The van der Waals surface area contributed by atoms with E-state index in [0.29, 0.717) is 28.6 Å². The van der Waals surface area contributed by atoms with Gasteiger partial charge in [-0.05, 0) is 38.1 Å². The van der Waals surface area contributed by atoms with Crippen LogP contribution < -0.4 is 10.1 Å². The number of aryl methyl sites for hydroxylation is 2. The fourth-order valence-corrected chi connectivity index (χ4v) is 2.78. The maximum atomic E-state index is 12.3. The zero-order valence-electron chi connectivity index (χ0n) is 15.5. The lowest BCUT2D eigenvalue weighted by Gasteiger charge is -2.09. The summed E-state index contributed by atoms with van der Waals surface area (Å²) >= 11 is 0. The van der Waals surface area contributed by atoms with Crippen molar-refractivity contribution in [2.45, 2.75) is 26.8 Å². The van der Waals surface area contributed by atoms with Gasteiger partial charge in [0.1, 0.15) is 22.9 Å². The van der Waals surface area contributed by atoms with Crippen LogP contribution in [0.2, 0.25) is 0 Å². The molecule has 0 unspecified atom stereocenters. The molecule has 1 N–H and O–H groups in total. The molecular weight excluding hydrogens is 362 g/mol. The number of amides is 1. The van der Waals surface area contributed by atoms with Crippen LogP contribution in [-0.4, -0.2) is 25.6 Å². The number of nitrogens with zero attached hydrogens (tertiary/aromatic N) is 4. The van der Waals surface area contributed by atoms with Crippen molar-refractivity contribution in [3.05, 3.63) is 70.3 Å². The monoisotopic (exact) mass is 381 g/mol. The Labute approximate surface area is 161 Å². The van der Waals surface area contributed by atoms with E-state index in [0.717, 1.165) is 0 Å². The highest BCUT2D eigenvalue weighted by molar-refractivity contribution is 5.90. The van der Waals surface area contributed by atoms with Gasteiger partial charge in [0.25, 0.3) is 0 Å². The number of pyridine rings is 1. The minimum absolute atomic E-state index is 0.0126. The molecule has 0 aliphatic heterocycles. The molecule has 0 fully saturated rings. The molecule has 3 aromatic rings. The lowest BCUT2D eigenvalue weighted by atomic mass is 10.3. The van der Waals surface area contributed by atoms with Gasteiger partial charge in [0, 0.05) is 30.6 Å². The molecule has 0 atom stereocenters. The van der Waals surface area contributed by atoms with Gasteiger partial charge in [-0.25, -0.2) is 0 Å². The number of hydrogen-bond acceptors (Lipinski definition) is 6. The molecule has 1 amide bonds. The summed E-state index contributed by atoms with van der Waals surface area (Å²) in [7, 11) is 0. The molecule has 0 radical (unpaired) electrons. The zero-order valence-corrected chi connectivity index (χ0v) is 15.5. The second kappa shape index (κ2) is 8.30. The predicted octanol–water partition coefficient (Wildman–Crippen LogP) is 3.62. The molecule has 0 saturated heterocycles. The molecular formula is C19H19N5O4. The van der Waals surface area contributed by atoms with E-state index in [-0.39, 0.29) is 24.6 Å². The molecule has 3 rings (SSSR count). The SMILES string of the molecule is Cc1nn(CCC(=O)Nc2cccc(Oc3ccncc3)c2)c(C)c1[N+](=O)[O-]. The third-order valence-electron chi connectivity index (χ3n) is 4.08. The molecule has 0 spiro atoms. The van der Waals surface area contributed by atoms with Crippen molar-refractivity contribution in [1.82, 2.24) is 14.8 Å². The maximum absolute atomic E-state index is 12.3. The highest BCUT2D eigenvalue weighted by Gasteiger charge is 2.21. The molecule has 2 aromatic heterocycles. The van der Waals surface area contributed by atoms with E-state index in [2.05, 4.69) is 15.4 Å². The van der Waals surface area contributed by atoms with Gasteiger partial charge in [-0.3, -0.25) is 24.6 Å². The van der Waals surface area contributed by atoms with Gasteiger partial charge < -0.3 is 10.1 Å². The van der Waals surface area contributed by atoms with Crippen LogP contribution in [0.15, 0.2) is 48.8 Å². The first-order chi connectivity index (χ1) is 13.4. The molecule has 0 aliphatic rings. The Morgan fingerprint density at radius 2 is 1.96 bits per heavy atom. The Morgan fingerprint density at radius 3 is 2.64 bits per heavy atom. The minimum atomic E-state index is -0.456. The van der Waals surface area contributed by atoms with Gasteiger partial charge >= 0.3 is 5.69 Å². The number of carbonyl (C=O) groups is 1. The molecule has 1 aromatic carbocycles. The van der Waals surface area contributed by atoms with Crippen LogP contribution in [0.1, 0.15) is 17.8 Å². The van der Waals surface area contributed by atoms with Crippen LogP contribution in [0.4, 0.5) is 11.4 Å². The first-order valence-corrected chi connectivity index (χ1v) is 8.60. The molecule has 9 nitrogen and oxygen atoms in total. The summed E-state index contributed by atoms with van der Waals surface area (Å²) in [4.78, 5) is 26.8. The number of anilines is 1. The summed E-state index contributed by atoms with van der Waals surface area (Å²) < 4.78 is 7.20. The summed E-state index contributed by atoms with van der Waals surface area (Å²) in [6.07, 6.45) is 3.39. The van der Waals surface area contributed by atoms with Crippen LogP contribution in [0.5, 0.6) is 11.5 Å². The second-order valence-electron chi connectivity index (χ2n) is 6.11. The fraction of sp³-hybridized carbons (Fsp3) is 0.211. The number of hydrogen-bond donors (Lipinski definition) is 1. The molecule has 9 heteroatoms. The van der Waals surface area contributed by atoms with Crippen LogP contribution in [0, 0.1) is 24.0 Å². The number of carbonyl (C=O) groups excluding carboxylic acids is 1. The summed E-state index contributed by atoms with van der Waals surface area (Å²) in [6, 6.07) is 10.5. The molecule has 0 aliphatic carbocycles. The number of benzene rings is 1. The Morgan fingerprint density at radius 1 is 1.21 bits per heavy atom. The number of ether oxygens (including phenoxy) is 1. The summed E-state index contributed by atoms with van der Waals surface area (Å²) in [5.74, 6) is 0.999. The standard InChI is InChI=1S/C19H19N5O4/c1-13-19(24(26)27)14(2)23(22-13)11-8-18(25)21-15-4-3-5-17(12-15)28-16-6-9-20-10-7-16/h3-7,9-10,12H,8,11H2,1-2H3,(H,21,25). The Bertz CT molecular complexity index is 1000. The molecule has 2 heterocycles. The van der Waals surface area contributed by atoms with Crippen molar-refractivity contribution in [3.8, 4) is 11.5 Å². The van der Waals surface area contributed by atoms with Crippen molar-refractivity contribution in [2.75, 3.05) is 5.32 Å². The van der Waals surface area contributed by atoms with E-state index in [1.807, 2.05) is 0 Å². The lowest BCUT2D eigenvalue weighted by molar-refractivity contribution is -0.386. The predicted molar refractivity (Wildman–Crippen MR) is 102 cm³/mol. The minimum Gasteiger partial charge on any atom is -0.457 e. The largest absolute Gasteiger partial charge is 0.457 e. The second-order valence-corrected chi connectivity index (χ2v) is 6.11. The average molecular weight is 381 g/mol. The van der Waals surface area contributed by atoms with Crippen LogP contribution in [0.3, 0.4) is 0 Å². The van der Waals surface area contributed by atoms with Crippen LogP contribution in [0.25, 0.3) is 0 Å². The quantitative estimate of drug-likeness (QED) is 0.494. The fourth-order valence-electron chi connectivity index (χ4n) is 2.78. The normalized spacial score (nSPS) is 10.5. The molecule has 0 bridgehead atoms. The van der Waals surface area contributed by atoms with Crippen LogP contribution in [-0.2, 0) is 11.3 Å². The number of nitrogens with one attached hydrogen (secondary N) is 1. The van der Waals surface area contributed by atoms with E-state index >= 15 is 0 Å². The molecule has 144 valence electrons. The van der Waals surface area contributed by atoms with E-state index in [1.54, 1.807) is 62.6 Å².